The Kier molecular flexibility index (Phi) is 3.64. The van der Waals surface area contributed by atoms with Crippen LogP contribution in [0.5, 0.6) is 11.5 Å². The van der Waals surface area contributed by atoms with Crippen molar-refractivity contribution in [3.8, 4) is 11.5 Å². The summed E-state index contributed by atoms with van der Waals surface area (Å²) in [6.45, 7) is 2.14. The number of ether oxygens (including phenoxy) is 2. The lowest BCUT2D eigenvalue weighted by atomic mass is 10.1. The van der Waals surface area contributed by atoms with Crippen LogP contribution in [0.1, 0.15) is 30.1 Å². The first-order valence-electron chi connectivity index (χ1n) is 7.54. The van der Waals surface area contributed by atoms with Crippen molar-refractivity contribution in [3.05, 3.63) is 52.8 Å². The zero-order valence-corrected chi connectivity index (χ0v) is 12.9. The van der Waals surface area contributed by atoms with E-state index in [-0.39, 0.29) is 6.79 Å². The van der Waals surface area contributed by atoms with Crippen LogP contribution >= 0.6 is 11.6 Å². The van der Waals surface area contributed by atoms with Crippen molar-refractivity contribution in [2.24, 2.45) is 0 Å². The van der Waals surface area contributed by atoms with Gasteiger partial charge in [0.15, 0.2) is 11.5 Å². The molecule has 0 spiro atoms. The normalized spacial score (nSPS) is 20.5. The third-order valence-electron chi connectivity index (χ3n) is 4.31. The second kappa shape index (κ2) is 5.78. The van der Waals surface area contributed by atoms with Crippen molar-refractivity contribution >= 4 is 11.6 Å². The lowest BCUT2D eigenvalue weighted by Gasteiger charge is -2.24. The minimum Gasteiger partial charge on any atom is -0.454 e. The van der Waals surface area contributed by atoms with Crippen LogP contribution < -0.4 is 9.47 Å². The number of pyridine rings is 1. The Morgan fingerprint density at radius 2 is 2.09 bits per heavy atom. The van der Waals surface area contributed by atoms with E-state index in [1.807, 2.05) is 30.5 Å². The molecule has 2 aliphatic rings. The number of halogens is 1. The number of likely N-dealkylation sites (tertiary alicyclic amines) is 1. The van der Waals surface area contributed by atoms with E-state index in [9.17, 15) is 0 Å². The van der Waals surface area contributed by atoms with Crippen molar-refractivity contribution in [3.63, 3.8) is 0 Å². The van der Waals surface area contributed by atoms with Crippen molar-refractivity contribution < 1.29 is 9.47 Å². The van der Waals surface area contributed by atoms with E-state index >= 15 is 0 Å². The summed E-state index contributed by atoms with van der Waals surface area (Å²) in [5.41, 5.74) is 2.21. The minimum absolute atomic E-state index is 0.273. The smallest absolute Gasteiger partial charge is 0.231 e. The molecule has 4 nitrogen and oxygen atoms in total. The lowest BCUT2D eigenvalue weighted by Crippen LogP contribution is -2.23. The van der Waals surface area contributed by atoms with Gasteiger partial charge in [0.25, 0.3) is 0 Å². The molecule has 0 N–H and O–H groups in total. The van der Waals surface area contributed by atoms with Crippen LogP contribution in [-0.2, 0) is 6.54 Å². The number of nitrogens with zero attached hydrogens (tertiary/aromatic N) is 2. The van der Waals surface area contributed by atoms with E-state index < -0.39 is 0 Å². The second-order valence-electron chi connectivity index (χ2n) is 5.68. The maximum atomic E-state index is 6.40. The van der Waals surface area contributed by atoms with Crippen LogP contribution in [0.4, 0.5) is 0 Å². The molecule has 1 fully saturated rings. The molecule has 1 atom stereocenters. The molecule has 5 heteroatoms. The van der Waals surface area contributed by atoms with E-state index in [1.165, 1.54) is 6.42 Å². The largest absolute Gasteiger partial charge is 0.454 e. The molecule has 1 aromatic carbocycles. The zero-order valence-electron chi connectivity index (χ0n) is 12.2. The van der Waals surface area contributed by atoms with Crippen LogP contribution in [0.2, 0.25) is 5.02 Å². The average molecular weight is 317 g/mol. The quantitative estimate of drug-likeness (QED) is 0.862. The Morgan fingerprint density at radius 3 is 2.91 bits per heavy atom. The number of aromatic nitrogens is 1. The van der Waals surface area contributed by atoms with Crippen LogP contribution in [0.15, 0.2) is 36.5 Å². The van der Waals surface area contributed by atoms with E-state index in [1.54, 1.807) is 0 Å². The van der Waals surface area contributed by atoms with E-state index in [0.717, 1.165) is 47.3 Å². The van der Waals surface area contributed by atoms with Crippen molar-refractivity contribution in [2.75, 3.05) is 13.3 Å². The molecular formula is C17H17ClN2O2. The van der Waals surface area contributed by atoms with Crippen molar-refractivity contribution in [2.45, 2.75) is 25.4 Å². The monoisotopic (exact) mass is 316 g/mol. The summed E-state index contributed by atoms with van der Waals surface area (Å²) in [4.78, 5) is 6.95. The molecule has 0 radical (unpaired) electrons. The first-order chi connectivity index (χ1) is 10.8. The fourth-order valence-corrected chi connectivity index (χ4v) is 3.44. The highest BCUT2D eigenvalue weighted by Gasteiger charge is 2.28. The molecule has 0 aliphatic carbocycles. The predicted molar refractivity (Wildman–Crippen MR) is 84.2 cm³/mol. The lowest BCUT2D eigenvalue weighted by molar-refractivity contribution is 0.174. The SMILES string of the molecule is Clc1cc2c(cc1CN1CCCC1c1ccccn1)OCO2. The summed E-state index contributed by atoms with van der Waals surface area (Å²) >= 11 is 6.40. The Balaban J connectivity index is 1.58. The Bertz CT molecular complexity index is 678. The van der Waals surface area contributed by atoms with Crippen molar-refractivity contribution in [1.82, 2.24) is 9.88 Å². The molecule has 1 saturated heterocycles. The number of rotatable bonds is 3. The van der Waals surface area contributed by atoms with Gasteiger partial charge in [-0.25, -0.2) is 0 Å². The molecule has 0 bridgehead atoms. The van der Waals surface area contributed by atoms with Gasteiger partial charge in [-0.15, -0.1) is 0 Å². The Labute approximate surface area is 134 Å². The van der Waals surface area contributed by atoms with Gasteiger partial charge in [0.1, 0.15) is 0 Å². The molecule has 0 amide bonds. The number of fused-ring (bicyclic) bond motifs is 1. The summed E-state index contributed by atoms with van der Waals surface area (Å²) in [6.07, 6.45) is 4.18. The summed E-state index contributed by atoms with van der Waals surface area (Å²) < 4.78 is 10.8. The van der Waals surface area contributed by atoms with Crippen LogP contribution in [0, 0.1) is 0 Å². The molecule has 1 aromatic heterocycles. The number of hydrogen-bond donors (Lipinski definition) is 0. The highest BCUT2D eigenvalue weighted by Crippen LogP contribution is 2.39. The molecule has 2 aromatic rings. The summed E-state index contributed by atoms with van der Waals surface area (Å²) in [6, 6.07) is 10.3. The minimum atomic E-state index is 0.273. The van der Waals surface area contributed by atoms with Crippen LogP contribution in [0.25, 0.3) is 0 Å². The van der Waals surface area contributed by atoms with Gasteiger partial charge in [-0.3, -0.25) is 9.88 Å². The van der Waals surface area contributed by atoms with Gasteiger partial charge in [-0.05, 0) is 43.1 Å². The molecule has 3 heterocycles. The highest BCUT2D eigenvalue weighted by atomic mass is 35.5. The van der Waals surface area contributed by atoms with E-state index in [4.69, 9.17) is 21.1 Å². The summed E-state index contributed by atoms with van der Waals surface area (Å²) in [5, 5.41) is 0.732. The van der Waals surface area contributed by atoms with E-state index in [2.05, 4.69) is 16.0 Å². The predicted octanol–water partition coefficient (Wildman–Crippen LogP) is 3.80. The Hall–Kier alpha value is -1.78. The zero-order chi connectivity index (χ0) is 14.9. The van der Waals surface area contributed by atoms with Crippen LogP contribution in [0.3, 0.4) is 0 Å². The molecule has 0 saturated carbocycles. The third-order valence-corrected chi connectivity index (χ3v) is 4.66. The summed E-state index contributed by atoms with van der Waals surface area (Å²) in [7, 11) is 0. The van der Waals surface area contributed by atoms with Gasteiger partial charge in [0.2, 0.25) is 6.79 Å². The van der Waals surface area contributed by atoms with Gasteiger partial charge >= 0.3 is 0 Å². The highest BCUT2D eigenvalue weighted by molar-refractivity contribution is 6.31. The maximum absolute atomic E-state index is 6.40. The first-order valence-corrected chi connectivity index (χ1v) is 7.92. The first kappa shape index (κ1) is 13.9. The molecule has 1 unspecified atom stereocenters. The molecule has 114 valence electrons. The number of benzene rings is 1. The van der Waals surface area contributed by atoms with Crippen LogP contribution in [-0.4, -0.2) is 23.2 Å². The fraction of sp³-hybridized carbons (Fsp3) is 0.353. The topological polar surface area (TPSA) is 34.6 Å². The number of hydrogen-bond acceptors (Lipinski definition) is 4. The van der Waals surface area contributed by atoms with Gasteiger partial charge < -0.3 is 9.47 Å². The Morgan fingerprint density at radius 1 is 1.23 bits per heavy atom. The molecule has 2 aliphatic heterocycles. The maximum Gasteiger partial charge on any atom is 0.231 e. The fourth-order valence-electron chi connectivity index (χ4n) is 3.22. The van der Waals surface area contributed by atoms with Gasteiger partial charge in [-0.2, -0.15) is 0 Å². The third kappa shape index (κ3) is 2.53. The van der Waals surface area contributed by atoms with Crippen molar-refractivity contribution in [1.29, 1.82) is 0 Å². The average Bonchev–Trinajstić information content (AvgIpc) is 3.17. The second-order valence-corrected chi connectivity index (χ2v) is 6.09. The molecule has 4 rings (SSSR count). The molecule has 22 heavy (non-hydrogen) atoms. The van der Waals surface area contributed by atoms with Gasteiger partial charge in [0, 0.05) is 23.8 Å². The van der Waals surface area contributed by atoms with Gasteiger partial charge in [0.05, 0.1) is 11.7 Å². The summed E-state index contributed by atoms with van der Waals surface area (Å²) in [5.74, 6) is 1.52. The van der Waals surface area contributed by atoms with E-state index in [0.29, 0.717) is 6.04 Å². The van der Waals surface area contributed by atoms with Gasteiger partial charge in [-0.1, -0.05) is 17.7 Å². The standard InChI is InChI=1S/C17H17ClN2O2/c18-13-9-17-16(21-11-22-17)8-12(13)10-20-7-3-5-15(20)14-4-1-2-6-19-14/h1-2,4,6,8-9,15H,3,5,7,10-11H2. The molecular weight excluding hydrogens is 300 g/mol.